The average molecular weight is 127 g/mol. The van der Waals surface area contributed by atoms with Crippen molar-refractivity contribution in [2.75, 3.05) is 6.54 Å². The van der Waals surface area contributed by atoms with E-state index in [0.29, 0.717) is 0 Å². The van der Waals surface area contributed by atoms with E-state index in [2.05, 4.69) is 12.2 Å². The highest BCUT2D eigenvalue weighted by atomic mass is 16.1. The molecule has 2 atom stereocenters. The lowest BCUT2D eigenvalue weighted by atomic mass is 9.97. The number of hydrogen-bond acceptors (Lipinski definition) is 2. The van der Waals surface area contributed by atoms with Crippen LogP contribution in [0.3, 0.4) is 0 Å². The van der Waals surface area contributed by atoms with Gasteiger partial charge >= 0.3 is 0 Å². The van der Waals surface area contributed by atoms with Crippen molar-refractivity contribution in [3.8, 4) is 0 Å². The van der Waals surface area contributed by atoms with Crippen LogP contribution in [0.1, 0.15) is 19.8 Å². The zero-order valence-corrected chi connectivity index (χ0v) is 5.76. The summed E-state index contributed by atoms with van der Waals surface area (Å²) in [7, 11) is 0. The topological polar surface area (TPSA) is 29.1 Å². The lowest BCUT2D eigenvalue weighted by Gasteiger charge is -2.23. The first-order valence-corrected chi connectivity index (χ1v) is 3.51. The van der Waals surface area contributed by atoms with Crippen LogP contribution in [-0.2, 0) is 4.79 Å². The van der Waals surface area contributed by atoms with Crippen molar-refractivity contribution in [1.29, 1.82) is 0 Å². The summed E-state index contributed by atoms with van der Waals surface area (Å²) in [5, 5.41) is 3.15. The van der Waals surface area contributed by atoms with Gasteiger partial charge in [0.2, 0.25) is 0 Å². The number of hydrogen-bond donors (Lipinski definition) is 1. The normalized spacial score (nSPS) is 36.1. The molecule has 2 heteroatoms. The third-order valence-electron chi connectivity index (χ3n) is 1.86. The van der Waals surface area contributed by atoms with Gasteiger partial charge in [0.1, 0.15) is 6.29 Å². The number of piperidine rings is 1. The molecule has 0 bridgehead atoms. The van der Waals surface area contributed by atoms with E-state index in [9.17, 15) is 4.79 Å². The van der Waals surface area contributed by atoms with Crippen LogP contribution < -0.4 is 5.32 Å². The molecule has 1 fully saturated rings. The molecule has 0 spiro atoms. The number of carbonyl (C=O) groups excluding carboxylic acids is 1. The lowest BCUT2D eigenvalue weighted by Crippen LogP contribution is -2.38. The first kappa shape index (κ1) is 6.75. The zero-order chi connectivity index (χ0) is 6.69. The Hall–Kier alpha value is -0.370. The molecule has 1 aliphatic heterocycles. The number of nitrogens with one attached hydrogen (secondary N) is 1. The predicted octanol–water partition coefficient (Wildman–Crippen LogP) is 0.573. The quantitative estimate of drug-likeness (QED) is 0.522. The fourth-order valence-corrected chi connectivity index (χ4v) is 1.14. The first-order valence-electron chi connectivity index (χ1n) is 3.51. The van der Waals surface area contributed by atoms with Crippen LogP contribution in [-0.4, -0.2) is 18.9 Å². The maximum Gasteiger partial charge on any atom is 0.136 e. The molecule has 1 rings (SSSR count). The lowest BCUT2D eigenvalue weighted by molar-refractivity contribution is -0.110. The van der Waals surface area contributed by atoms with Crippen molar-refractivity contribution in [3.05, 3.63) is 0 Å². The maximum atomic E-state index is 10.2. The molecule has 0 aromatic heterocycles. The van der Waals surface area contributed by atoms with E-state index in [1.807, 2.05) is 0 Å². The van der Waals surface area contributed by atoms with Gasteiger partial charge in [-0.1, -0.05) is 6.92 Å². The van der Waals surface area contributed by atoms with Crippen molar-refractivity contribution in [3.63, 3.8) is 0 Å². The molecular weight excluding hydrogens is 114 g/mol. The summed E-state index contributed by atoms with van der Waals surface area (Å²) < 4.78 is 0. The van der Waals surface area contributed by atoms with Gasteiger partial charge in [0.25, 0.3) is 0 Å². The average Bonchev–Trinajstić information content (AvgIpc) is 1.90. The van der Waals surface area contributed by atoms with Crippen LogP contribution in [0, 0.1) is 5.92 Å². The predicted molar refractivity (Wildman–Crippen MR) is 36.3 cm³/mol. The Kier molecular flexibility index (Phi) is 2.22. The maximum absolute atomic E-state index is 10.2. The third kappa shape index (κ3) is 1.79. The molecule has 1 saturated heterocycles. The van der Waals surface area contributed by atoms with E-state index in [0.717, 1.165) is 25.2 Å². The molecule has 1 unspecified atom stereocenters. The van der Waals surface area contributed by atoms with Gasteiger partial charge in [0.15, 0.2) is 0 Å². The third-order valence-corrected chi connectivity index (χ3v) is 1.86. The van der Waals surface area contributed by atoms with Crippen LogP contribution in [0.25, 0.3) is 0 Å². The van der Waals surface area contributed by atoms with Crippen LogP contribution in [0.15, 0.2) is 0 Å². The SMILES string of the molecule is C[C@@H]1CCC(C=O)NC1. The van der Waals surface area contributed by atoms with Crippen molar-refractivity contribution < 1.29 is 4.79 Å². The molecule has 0 saturated carbocycles. The zero-order valence-electron chi connectivity index (χ0n) is 5.76. The molecule has 9 heavy (non-hydrogen) atoms. The summed E-state index contributed by atoms with van der Waals surface area (Å²) in [6, 6.07) is 0.140. The highest BCUT2D eigenvalue weighted by Crippen LogP contribution is 2.11. The molecule has 0 aliphatic carbocycles. The van der Waals surface area contributed by atoms with Crippen LogP contribution in [0.2, 0.25) is 0 Å². The Labute approximate surface area is 55.6 Å². The molecule has 2 nitrogen and oxygen atoms in total. The summed E-state index contributed by atoms with van der Waals surface area (Å²) in [4.78, 5) is 10.2. The van der Waals surface area contributed by atoms with Gasteiger partial charge in [-0.25, -0.2) is 0 Å². The van der Waals surface area contributed by atoms with Crippen LogP contribution >= 0.6 is 0 Å². The summed E-state index contributed by atoms with van der Waals surface area (Å²) in [6.45, 7) is 3.21. The first-order chi connectivity index (χ1) is 4.33. The highest BCUT2D eigenvalue weighted by Gasteiger charge is 2.15. The Bertz CT molecular complexity index is 95.1. The molecular formula is C7H13NO. The van der Waals surface area contributed by atoms with E-state index in [1.54, 1.807) is 0 Å². The van der Waals surface area contributed by atoms with E-state index >= 15 is 0 Å². The summed E-state index contributed by atoms with van der Waals surface area (Å²) in [5.41, 5.74) is 0. The highest BCUT2D eigenvalue weighted by molar-refractivity contribution is 5.57. The molecule has 1 aliphatic rings. The smallest absolute Gasteiger partial charge is 0.136 e. The number of aldehydes is 1. The second-order valence-electron chi connectivity index (χ2n) is 2.83. The van der Waals surface area contributed by atoms with Gasteiger partial charge < -0.3 is 10.1 Å². The number of carbonyl (C=O) groups is 1. The van der Waals surface area contributed by atoms with Crippen molar-refractivity contribution >= 4 is 6.29 Å². The standard InChI is InChI=1S/C7H13NO/c1-6-2-3-7(5-9)8-4-6/h5-8H,2-4H2,1H3/t6-,7?/m1/s1. The van der Waals surface area contributed by atoms with E-state index in [-0.39, 0.29) is 6.04 Å². The molecule has 1 N–H and O–H groups in total. The Morgan fingerprint density at radius 1 is 1.56 bits per heavy atom. The second kappa shape index (κ2) is 2.97. The van der Waals surface area contributed by atoms with Gasteiger partial charge in [-0.05, 0) is 25.3 Å². The minimum atomic E-state index is 0.140. The Morgan fingerprint density at radius 2 is 2.33 bits per heavy atom. The van der Waals surface area contributed by atoms with E-state index < -0.39 is 0 Å². The second-order valence-corrected chi connectivity index (χ2v) is 2.83. The van der Waals surface area contributed by atoms with Crippen LogP contribution in [0.5, 0.6) is 0 Å². The van der Waals surface area contributed by atoms with Gasteiger partial charge in [-0.15, -0.1) is 0 Å². The molecule has 0 aromatic rings. The molecule has 0 amide bonds. The van der Waals surface area contributed by atoms with Gasteiger partial charge in [-0.3, -0.25) is 0 Å². The Morgan fingerprint density at radius 3 is 2.78 bits per heavy atom. The monoisotopic (exact) mass is 127 g/mol. The molecule has 52 valence electrons. The van der Waals surface area contributed by atoms with Crippen LogP contribution in [0.4, 0.5) is 0 Å². The van der Waals surface area contributed by atoms with Crippen molar-refractivity contribution in [2.45, 2.75) is 25.8 Å². The molecule has 1 heterocycles. The van der Waals surface area contributed by atoms with Gasteiger partial charge in [-0.2, -0.15) is 0 Å². The Balaban J connectivity index is 2.26. The fraction of sp³-hybridized carbons (Fsp3) is 0.857. The van der Waals surface area contributed by atoms with Crippen molar-refractivity contribution in [2.24, 2.45) is 5.92 Å². The summed E-state index contributed by atoms with van der Waals surface area (Å²) in [6.07, 6.45) is 3.22. The van der Waals surface area contributed by atoms with E-state index in [4.69, 9.17) is 0 Å². The molecule has 0 aromatic carbocycles. The minimum absolute atomic E-state index is 0.140. The summed E-state index contributed by atoms with van der Waals surface area (Å²) in [5.74, 6) is 0.751. The minimum Gasteiger partial charge on any atom is -0.307 e. The molecule has 0 radical (unpaired) electrons. The number of rotatable bonds is 1. The fourth-order valence-electron chi connectivity index (χ4n) is 1.14. The van der Waals surface area contributed by atoms with Gasteiger partial charge in [0, 0.05) is 0 Å². The largest absolute Gasteiger partial charge is 0.307 e. The van der Waals surface area contributed by atoms with Crippen molar-refractivity contribution in [1.82, 2.24) is 5.32 Å². The summed E-state index contributed by atoms with van der Waals surface area (Å²) >= 11 is 0. The van der Waals surface area contributed by atoms with E-state index in [1.165, 1.54) is 6.42 Å². The van der Waals surface area contributed by atoms with Gasteiger partial charge in [0.05, 0.1) is 6.04 Å².